The summed E-state index contributed by atoms with van der Waals surface area (Å²) in [6.07, 6.45) is 1.93. The van der Waals surface area contributed by atoms with Gasteiger partial charge in [0.05, 0.1) is 0 Å². The molecular formula is C10H8O. The standard InChI is InChI=1S/C10H8O/c1-7(11)10-6-8-4-2-3-5-9(8)10/h2-6H,1H3. The maximum absolute atomic E-state index is 10.9. The molecule has 1 aromatic rings. The van der Waals surface area contributed by atoms with Crippen molar-refractivity contribution in [2.75, 3.05) is 0 Å². The minimum atomic E-state index is 0.156. The van der Waals surface area contributed by atoms with Crippen LogP contribution in [-0.2, 0) is 4.79 Å². The largest absolute Gasteiger partial charge is 0.294 e. The maximum atomic E-state index is 10.9. The average molecular weight is 144 g/mol. The van der Waals surface area contributed by atoms with Gasteiger partial charge in [-0.2, -0.15) is 0 Å². The summed E-state index contributed by atoms with van der Waals surface area (Å²) in [6.45, 7) is 1.60. The van der Waals surface area contributed by atoms with E-state index in [1.165, 1.54) is 5.56 Å². The predicted octanol–water partition coefficient (Wildman–Crippen LogP) is 2.13. The normalized spacial score (nSPS) is 13.0. The monoisotopic (exact) mass is 144 g/mol. The van der Waals surface area contributed by atoms with Crippen LogP contribution >= 0.6 is 0 Å². The first-order valence-electron chi connectivity index (χ1n) is 3.61. The summed E-state index contributed by atoms with van der Waals surface area (Å²) in [5.74, 6) is 0.156. The Labute approximate surface area is 65.4 Å². The molecule has 54 valence electrons. The Bertz CT molecular complexity index is 348. The lowest BCUT2D eigenvalue weighted by Crippen LogP contribution is -2.05. The van der Waals surface area contributed by atoms with Gasteiger partial charge in [-0.05, 0) is 24.1 Å². The van der Waals surface area contributed by atoms with Crippen LogP contribution in [0, 0.1) is 0 Å². The smallest absolute Gasteiger partial charge is 0.160 e. The van der Waals surface area contributed by atoms with Crippen LogP contribution in [0.4, 0.5) is 0 Å². The molecule has 0 aliphatic heterocycles. The number of ketones is 1. The van der Waals surface area contributed by atoms with Crippen molar-refractivity contribution in [1.82, 2.24) is 0 Å². The van der Waals surface area contributed by atoms with Gasteiger partial charge in [0, 0.05) is 5.57 Å². The average Bonchev–Trinajstić information content (AvgIpc) is 1.90. The maximum Gasteiger partial charge on any atom is 0.160 e. The van der Waals surface area contributed by atoms with Gasteiger partial charge in [0.2, 0.25) is 0 Å². The Morgan fingerprint density at radius 2 is 2.00 bits per heavy atom. The third-order valence-electron chi connectivity index (χ3n) is 1.93. The molecule has 0 unspecified atom stereocenters. The summed E-state index contributed by atoms with van der Waals surface area (Å²) in [5.41, 5.74) is 3.14. The number of carbonyl (C=O) groups excluding carboxylic acids is 1. The van der Waals surface area contributed by atoms with Crippen LogP contribution in [0.3, 0.4) is 0 Å². The molecule has 1 aliphatic rings. The SMILES string of the molecule is CC(=O)C1=Cc2ccccc21. The summed E-state index contributed by atoms with van der Waals surface area (Å²) in [5, 5.41) is 0. The molecule has 2 rings (SSSR count). The predicted molar refractivity (Wildman–Crippen MR) is 45.0 cm³/mol. The van der Waals surface area contributed by atoms with Gasteiger partial charge < -0.3 is 0 Å². The molecule has 1 aliphatic carbocycles. The lowest BCUT2D eigenvalue weighted by molar-refractivity contribution is -0.111. The quantitative estimate of drug-likeness (QED) is 0.590. The Morgan fingerprint density at radius 3 is 2.64 bits per heavy atom. The number of rotatable bonds is 1. The van der Waals surface area contributed by atoms with E-state index >= 15 is 0 Å². The summed E-state index contributed by atoms with van der Waals surface area (Å²) in [6, 6.07) is 7.93. The lowest BCUT2D eigenvalue weighted by atomic mass is 9.87. The van der Waals surface area contributed by atoms with Crippen molar-refractivity contribution in [2.45, 2.75) is 6.92 Å². The van der Waals surface area contributed by atoms with Gasteiger partial charge in [-0.1, -0.05) is 24.3 Å². The number of Topliss-reactive ketones (excluding diaryl/α,β-unsaturated/α-hetero) is 1. The molecule has 0 saturated heterocycles. The molecule has 0 spiro atoms. The molecule has 1 heteroatoms. The fourth-order valence-electron chi connectivity index (χ4n) is 1.31. The highest BCUT2D eigenvalue weighted by Gasteiger charge is 2.17. The van der Waals surface area contributed by atoms with Crippen molar-refractivity contribution in [3.8, 4) is 0 Å². The molecule has 0 amide bonds. The van der Waals surface area contributed by atoms with Gasteiger partial charge in [-0.15, -0.1) is 0 Å². The van der Waals surface area contributed by atoms with E-state index in [9.17, 15) is 4.79 Å². The summed E-state index contributed by atoms with van der Waals surface area (Å²) in [4.78, 5) is 10.9. The van der Waals surface area contributed by atoms with E-state index in [4.69, 9.17) is 0 Å². The van der Waals surface area contributed by atoms with E-state index in [1.807, 2.05) is 30.3 Å². The van der Waals surface area contributed by atoms with Crippen LogP contribution in [0.2, 0.25) is 0 Å². The molecular weight excluding hydrogens is 136 g/mol. The molecule has 0 bridgehead atoms. The van der Waals surface area contributed by atoms with Crippen LogP contribution in [-0.4, -0.2) is 5.78 Å². The Morgan fingerprint density at radius 1 is 1.27 bits per heavy atom. The van der Waals surface area contributed by atoms with Crippen LogP contribution < -0.4 is 0 Å². The molecule has 1 nitrogen and oxygen atoms in total. The Balaban J connectivity index is 2.46. The van der Waals surface area contributed by atoms with E-state index < -0.39 is 0 Å². The number of allylic oxidation sites excluding steroid dienone is 1. The fraction of sp³-hybridized carbons (Fsp3) is 0.100. The lowest BCUT2D eigenvalue weighted by Gasteiger charge is -2.16. The molecule has 0 atom stereocenters. The molecule has 0 radical (unpaired) electrons. The Kier molecular flexibility index (Phi) is 1.19. The van der Waals surface area contributed by atoms with Crippen molar-refractivity contribution in [3.05, 3.63) is 35.4 Å². The van der Waals surface area contributed by atoms with Gasteiger partial charge in [0.1, 0.15) is 0 Å². The first kappa shape index (κ1) is 6.35. The van der Waals surface area contributed by atoms with Crippen LogP contribution in [0.25, 0.3) is 11.6 Å². The number of hydrogen-bond acceptors (Lipinski definition) is 1. The van der Waals surface area contributed by atoms with E-state index in [-0.39, 0.29) is 5.78 Å². The van der Waals surface area contributed by atoms with Crippen molar-refractivity contribution in [1.29, 1.82) is 0 Å². The third kappa shape index (κ3) is 0.811. The van der Waals surface area contributed by atoms with Gasteiger partial charge >= 0.3 is 0 Å². The first-order chi connectivity index (χ1) is 5.29. The molecule has 1 aromatic carbocycles. The van der Waals surface area contributed by atoms with E-state index in [0.717, 1.165) is 11.1 Å². The van der Waals surface area contributed by atoms with Gasteiger partial charge in [0.25, 0.3) is 0 Å². The number of fused-ring (bicyclic) bond motifs is 1. The number of carbonyl (C=O) groups is 1. The zero-order valence-electron chi connectivity index (χ0n) is 6.29. The molecule has 0 aromatic heterocycles. The highest BCUT2D eigenvalue weighted by molar-refractivity contribution is 6.29. The number of benzene rings is 1. The van der Waals surface area contributed by atoms with Crippen molar-refractivity contribution < 1.29 is 4.79 Å². The highest BCUT2D eigenvalue weighted by atomic mass is 16.1. The van der Waals surface area contributed by atoms with Crippen LogP contribution in [0.5, 0.6) is 0 Å². The molecule has 0 fully saturated rings. The summed E-state index contributed by atoms with van der Waals surface area (Å²) >= 11 is 0. The second kappa shape index (κ2) is 2.06. The zero-order valence-corrected chi connectivity index (χ0v) is 6.29. The van der Waals surface area contributed by atoms with E-state index in [1.54, 1.807) is 6.92 Å². The third-order valence-corrected chi connectivity index (χ3v) is 1.93. The first-order valence-corrected chi connectivity index (χ1v) is 3.61. The van der Waals surface area contributed by atoms with Crippen molar-refractivity contribution in [3.63, 3.8) is 0 Å². The molecule has 0 heterocycles. The van der Waals surface area contributed by atoms with Crippen molar-refractivity contribution in [2.24, 2.45) is 0 Å². The second-order valence-corrected chi connectivity index (χ2v) is 2.70. The Hall–Kier alpha value is -1.37. The van der Waals surface area contributed by atoms with Crippen molar-refractivity contribution >= 4 is 17.4 Å². The van der Waals surface area contributed by atoms with E-state index in [2.05, 4.69) is 0 Å². The minimum absolute atomic E-state index is 0.156. The van der Waals surface area contributed by atoms with Crippen LogP contribution in [0.15, 0.2) is 24.3 Å². The molecule has 0 N–H and O–H groups in total. The van der Waals surface area contributed by atoms with Gasteiger partial charge in [-0.25, -0.2) is 0 Å². The van der Waals surface area contributed by atoms with Gasteiger partial charge in [-0.3, -0.25) is 4.79 Å². The van der Waals surface area contributed by atoms with Crippen LogP contribution in [0.1, 0.15) is 18.1 Å². The fourth-order valence-corrected chi connectivity index (χ4v) is 1.31. The highest BCUT2D eigenvalue weighted by Crippen LogP contribution is 2.32. The summed E-state index contributed by atoms with van der Waals surface area (Å²) < 4.78 is 0. The zero-order chi connectivity index (χ0) is 7.84. The topological polar surface area (TPSA) is 17.1 Å². The summed E-state index contributed by atoms with van der Waals surface area (Å²) in [7, 11) is 0. The number of hydrogen-bond donors (Lipinski definition) is 0. The minimum Gasteiger partial charge on any atom is -0.294 e. The second-order valence-electron chi connectivity index (χ2n) is 2.70. The molecule has 0 saturated carbocycles. The van der Waals surface area contributed by atoms with E-state index in [0.29, 0.717) is 0 Å². The molecule has 11 heavy (non-hydrogen) atoms. The van der Waals surface area contributed by atoms with Gasteiger partial charge in [0.15, 0.2) is 5.78 Å².